The fraction of sp³-hybridized carbons (Fsp3) is 0.667. The van der Waals surface area contributed by atoms with Gasteiger partial charge in [-0.2, -0.15) is 12.6 Å². The van der Waals surface area contributed by atoms with Crippen LogP contribution in [0.1, 0.15) is 26.7 Å². The number of thiol groups is 1. The second-order valence-corrected chi connectivity index (χ2v) is 6.52. The number of carboxylic acids is 1. The molecule has 0 fully saturated rings. The number of carboxylic acid groups (broad SMARTS) is 1. The topological polar surface area (TPSA) is 214 Å². The fourth-order valence-corrected chi connectivity index (χ4v) is 2.13. The van der Waals surface area contributed by atoms with Gasteiger partial charge in [0, 0.05) is 12.2 Å². The van der Waals surface area contributed by atoms with Gasteiger partial charge in [-0.15, -0.1) is 0 Å². The van der Waals surface area contributed by atoms with Crippen molar-refractivity contribution in [2.24, 2.45) is 11.5 Å². The number of carbonyl (C=O) groups excluding carboxylic acids is 4. The Kier molecular flexibility index (Phi) is 11.1. The first-order valence-electron chi connectivity index (χ1n) is 8.37. The summed E-state index contributed by atoms with van der Waals surface area (Å²) in [6.45, 7) is 2.51. The lowest BCUT2D eigenvalue weighted by molar-refractivity contribution is -0.145. The first-order chi connectivity index (χ1) is 12.9. The average Bonchev–Trinajstić information content (AvgIpc) is 2.60. The molecule has 0 bridgehead atoms. The Morgan fingerprint density at radius 1 is 1.00 bits per heavy atom. The van der Waals surface area contributed by atoms with Crippen molar-refractivity contribution in [3.8, 4) is 0 Å². The van der Waals surface area contributed by atoms with Crippen LogP contribution in [0.5, 0.6) is 0 Å². The van der Waals surface area contributed by atoms with Gasteiger partial charge in [-0.1, -0.05) is 0 Å². The second-order valence-electron chi connectivity index (χ2n) is 6.15. The summed E-state index contributed by atoms with van der Waals surface area (Å²) >= 11 is 3.87. The summed E-state index contributed by atoms with van der Waals surface area (Å²) in [6.07, 6.45) is -1.89. The van der Waals surface area contributed by atoms with Crippen molar-refractivity contribution in [3.05, 3.63) is 0 Å². The van der Waals surface area contributed by atoms with Gasteiger partial charge in [-0.3, -0.25) is 19.2 Å². The first-order valence-corrected chi connectivity index (χ1v) is 9.00. The molecule has 0 aliphatic rings. The van der Waals surface area contributed by atoms with Crippen molar-refractivity contribution in [1.29, 1.82) is 0 Å². The molecule has 12 nitrogen and oxygen atoms in total. The standard InChI is InChI=1S/C15H27N5O7S/c1-6(18-13(24)8(16)5-28)12(23)19-9(3-4-10(17)22)14(25)20-11(7(2)21)15(26)27/h6-9,11,21,28H,3-5,16H2,1-2H3,(H2,17,22)(H,18,24)(H,19,23)(H,20,25)(H,26,27). The lowest BCUT2D eigenvalue weighted by atomic mass is 10.1. The molecule has 0 saturated carbocycles. The molecule has 0 aromatic rings. The third-order valence-electron chi connectivity index (χ3n) is 3.64. The zero-order chi connectivity index (χ0) is 22.0. The van der Waals surface area contributed by atoms with Gasteiger partial charge in [-0.25, -0.2) is 4.79 Å². The van der Waals surface area contributed by atoms with Crippen LogP contribution in [0.4, 0.5) is 0 Å². The number of nitrogens with one attached hydrogen (secondary N) is 3. The molecular formula is C15H27N5O7S. The second kappa shape index (κ2) is 12.2. The van der Waals surface area contributed by atoms with E-state index in [2.05, 4.69) is 28.6 Å². The zero-order valence-corrected chi connectivity index (χ0v) is 16.4. The van der Waals surface area contributed by atoms with Gasteiger partial charge in [0.15, 0.2) is 6.04 Å². The van der Waals surface area contributed by atoms with E-state index in [1.54, 1.807) is 0 Å². The number of aliphatic hydroxyl groups excluding tert-OH is 1. The number of aliphatic carboxylic acids is 1. The van der Waals surface area contributed by atoms with E-state index in [0.29, 0.717) is 0 Å². The van der Waals surface area contributed by atoms with E-state index in [4.69, 9.17) is 16.6 Å². The summed E-state index contributed by atoms with van der Waals surface area (Å²) in [6, 6.07) is -4.95. The van der Waals surface area contributed by atoms with Crippen molar-refractivity contribution in [1.82, 2.24) is 16.0 Å². The minimum Gasteiger partial charge on any atom is -0.480 e. The Morgan fingerprint density at radius 3 is 2.00 bits per heavy atom. The van der Waals surface area contributed by atoms with Gasteiger partial charge in [0.25, 0.3) is 0 Å². The summed E-state index contributed by atoms with van der Waals surface area (Å²) in [7, 11) is 0. The molecule has 0 rings (SSSR count). The van der Waals surface area contributed by atoms with Gasteiger partial charge < -0.3 is 37.6 Å². The lowest BCUT2D eigenvalue weighted by Gasteiger charge is -2.24. The molecule has 160 valence electrons. The molecule has 0 aromatic heterocycles. The highest BCUT2D eigenvalue weighted by molar-refractivity contribution is 7.80. The number of hydrogen-bond donors (Lipinski definition) is 8. The minimum atomic E-state index is -1.62. The maximum absolute atomic E-state index is 12.3. The lowest BCUT2D eigenvalue weighted by Crippen LogP contribution is -2.57. The Hall–Kier alpha value is -2.38. The molecular weight excluding hydrogens is 394 g/mol. The van der Waals surface area contributed by atoms with Crippen LogP contribution in [0, 0.1) is 0 Å². The number of amides is 4. The molecule has 5 atom stereocenters. The zero-order valence-electron chi connectivity index (χ0n) is 15.5. The normalized spacial score (nSPS) is 16.0. The van der Waals surface area contributed by atoms with Crippen molar-refractivity contribution >= 4 is 42.2 Å². The van der Waals surface area contributed by atoms with Crippen LogP contribution in [0.3, 0.4) is 0 Å². The molecule has 0 radical (unpaired) electrons. The summed E-state index contributed by atoms with van der Waals surface area (Å²) < 4.78 is 0. The van der Waals surface area contributed by atoms with Crippen LogP contribution in [-0.4, -0.2) is 75.8 Å². The molecule has 0 aromatic carbocycles. The van der Waals surface area contributed by atoms with E-state index in [9.17, 15) is 29.1 Å². The molecule has 9 N–H and O–H groups in total. The SMILES string of the molecule is CC(NC(=O)C(N)CS)C(=O)NC(CCC(N)=O)C(=O)NC(C(=O)O)C(C)O. The third-order valence-corrected chi connectivity index (χ3v) is 4.04. The van der Waals surface area contributed by atoms with Crippen LogP contribution in [0.15, 0.2) is 0 Å². The number of aliphatic hydroxyl groups is 1. The maximum Gasteiger partial charge on any atom is 0.328 e. The summed E-state index contributed by atoms with van der Waals surface area (Å²) in [5, 5.41) is 25.2. The molecule has 5 unspecified atom stereocenters. The van der Waals surface area contributed by atoms with Gasteiger partial charge in [0.05, 0.1) is 12.1 Å². The predicted octanol–water partition coefficient (Wildman–Crippen LogP) is -3.55. The fourth-order valence-electron chi connectivity index (χ4n) is 1.96. The monoisotopic (exact) mass is 421 g/mol. The summed E-state index contributed by atoms with van der Waals surface area (Å²) in [5.41, 5.74) is 10.5. The molecule has 0 heterocycles. The smallest absolute Gasteiger partial charge is 0.328 e. The molecule has 0 aliphatic carbocycles. The van der Waals surface area contributed by atoms with E-state index in [-0.39, 0.29) is 18.6 Å². The van der Waals surface area contributed by atoms with Crippen LogP contribution >= 0.6 is 12.6 Å². The highest BCUT2D eigenvalue weighted by atomic mass is 32.1. The van der Waals surface area contributed by atoms with E-state index < -0.39 is 59.9 Å². The largest absolute Gasteiger partial charge is 0.480 e. The molecule has 4 amide bonds. The van der Waals surface area contributed by atoms with Crippen LogP contribution in [-0.2, 0) is 24.0 Å². The van der Waals surface area contributed by atoms with Gasteiger partial charge in [0.1, 0.15) is 12.1 Å². The minimum absolute atomic E-state index is 0.0553. The van der Waals surface area contributed by atoms with E-state index in [0.717, 1.165) is 0 Å². The Balaban J connectivity index is 5.15. The molecule has 0 saturated heterocycles. The quantitative estimate of drug-likeness (QED) is 0.147. The van der Waals surface area contributed by atoms with Crippen molar-refractivity contribution < 1.29 is 34.2 Å². The third kappa shape index (κ3) is 9.01. The van der Waals surface area contributed by atoms with E-state index in [1.165, 1.54) is 13.8 Å². The number of rotatable bonds is 12. The van der Waals surface area contributed by atoms with Crippen LogP contribution < -0.4 is 27.4 Å². The molecule has 28 heavy (non-hydrogen) atoms. The Morgan fingerprint density at radius 2 is 1.57 bits per heavy atom. The van der Waals surface area contributed by atoms with E-state index >= 15 is 0 Å². The maximum atomic E-state index is 12.3. The molecule has 0 aliphatic heterocycles. The Bertz CT molecular complexity index is 601. The van der Waals surface area contributed by atoms with Crippen LogP contribution in [0.2, 0.25) is 0 Å². The van der Waals surface area contributed by atoms with Gasteiger partial charge in [-0.05, 0) is 20.3 Å². The van der Waals surface area contributed by atoms with Gasteiger partial charge in [0.2, 0.25) is 23.6 Å². The molecule has 0 spiro atoms. The molecule has 13 heteroatoms. The Labute approximate surface area is 167 Å². The number of hydrogen-bond acceptors (Lipinski definition) is 8. The number of carbonyl (C=O) groups is 5. The number of nitrogens with two attached hydrogens (primary N) is 2. The highest BCUT2D eigenvalue weighted by Crippen LogP contribution is 2.02. The predicted molar refractivity (Wildman–Crippen MR) is 101 cm³/mol. The summed E-state index contributed by atoms with van der Waals surface area (Å²) in [4.78, 5) is 58.4. The van der Waals surface area contributed by atoms with Crippen molar-refractivity contribution in [3.63, 3.8) is 0 Å². The average molecular weight is 421 g/mol. The number of primary amides is 1. The van der Waals surface area contributed by atoms with E-state index in [1.807, 2.05) is 0 Å². The van der Waals surface area contributed by atoms with Crippen molar-refractivity contribution in [2.45, 2.75) is 57.0 Å². The first kappa shape index (κ1) is 25.6. The van der Waals surface area contributed by atoms with Gasteiger partial charge >= 0.3 is 5.97 Å². The van der Waals surface area contributed by atoms with Crippen LogP contribution in [0.25, 0.3) is 0 Å². The summed E-state index contributed by atoms with van der Waals surface area (Å²) in [5.74, 6) is -4.50. The van der Waals surface area contributed by atoms with Crippen molar-refractivity contribution in [2.75, 3.05) is 5.75 Å². The highest BCUT2D eigenvalue weighted by Gasteiger charge is 2.30.